The van der Waals surface area contributed by atoms with E-state index in [-0.39, 0.29) is 29.1 Å². The maximum absolute atomic E-state index is 13.7. The molecule has 0 spiro atoms. The van der Waals surface area contributed by atoms with Gasteiger partial charge in [0.1, 0.15) is 11.6 Å². The molecule has 0 saturated carbocycles. The first-order chi connectivity index (χ1) is 10.8. The minimum Gasteiger partial charge on any atom is -0.341 e. The van der Waals surface area contributed by atoms with Crippen LogP contribution in [0.15, 0.2) is 18.2 Å². The number of benzene rings is 1. The molecule has 0 aliphatic carbocycles. The Morgan fingerprint density at radius 3 is 2.35 bits per heavy atom. The van der Waals surface area contributed by atoms with Crippen molar-refractivity contribution < 1.29 is 18.4 Å². The number of nitrogens with two attached hydrogens (primary N) is 1. The zero-order valence-electron chi connectivity index (χ0n) is 13.4. The van der Waals surface area contributed by atoms with Gasteiger partial charge in [0.15, 0.2) is 5.78 Å². The van der Waals surface area contributed by atoms with Gasteiger partial charge < -0.3 is 10.6 Å². The maximum Gasteiger partial charge on any atom is 0.239 e. The molecule has 1 aromatic carbocycles. The lowest BCUT2D eigenvalue weighted by molar-refractivity contribution is -0.134. The van der Waals surface area contributed by atoms with E-state index in [1.54, 1.807) is 4.90 Å². The number of ketones is 1. The van der Waals surface area contributed by atoms with E-state index >= 15 is 0 Å². The van der Waals surface area contributed by atoms with Gasteiger partial charge >= 0.3 is 0 Å². The Hall–Kier alpha value is -1.82. The number of Topliss-reactive ketones (excluding diaryl/α,β-unsaturated/α-hetero) is 1. The highest BCUT2D eigenvalue weighted by molar-refractivity contribution is 5.98. The lowest BCUT2D eigenvalue weighted by atomic mass is 9.88. The molecule has 1 saturated heterocycles. The Kier molecular flexibility index (Phi) is 5.46. The molecule has 23 heavy (non-hydrogen) atoms. The third kappa shape index (κ3) is 3.93. The number of nitrogens with zero attached hydrogens (tertiary/aromatic N) is 1. The van der Waals surface area contributed by atoms with E-state index in [0.29, 0.717) is 32.0 Å². The lowest BCUT2D eigenvalue weighted by Crippen LogP contribution is -2.49. The van der Waals surface area contributed by atoms with Crippen LogP contribution >= 0.6 is 0 Å². The number of carbonyl (C=O) groups is 2. The molecule has 2 rings (SSSR count). The van der Waals surface area contributed by atoms with Gasteiger partial charge in [-0.1, -0.05) is 13.8 Å². The van der Waals surface area contributed by atoms with Crippen LogP contribution in [0.3, 0.4) is 0 Å². The second-order valence-corrected chi connectivity index (χ2v) is 6.36. The SMILES string of the molecule is CC(C)[C@@H](N)C(=O)N1CCC(C(=O)c2ccc(F)cc2F)CC1. The molecule has 1 atom stereocenters. The van der Waals surface area contributed by atoms with Gasteiger partial charge in [0.25, 0.3) is 0 Å². The summed E-state index contributed by atoms with van der Waals surface area (Å²) in [5, 5.41) is 0. The van der Waals surface area contributed by atoms with Crippen LogP contribution in [0.4, 0.5) is 8.78 Å². The van der Waals surface area contributed by atoms with Crippen molar-refractivity contribution in [3.8, 4) is 0 Å². The van der Waals surface area contributed by atoms with Crippen molar-refractivity contribution in [1.29, 1.82) is 0 Å². The molecule has 0 radical (unpaired) electrons. The Morgan fingerprint density at radius 2 is 1.83 bits per heavy atom. The summed E-state index contributed by atoms with van der Waals surface area (Å²) in [6.45, 7) is 4.63. The van der Waals surface area contributed by atoms with Gasteiger partial charge in [0.2, 0.25) is 5.91 Å². The first-order valence-electron chi connectivity index (χ1n) is 7.85. The van der Waals surface area contributed by atoms with Gasteiger partial charge in [-0.05, 0) is 30.9 Å². The fraction of sp³-hybridized carbons (Fsp3) is 0.529. The molecule has 1 heterocycles. The summed E-state index contributed by atoms with van der Waals surface area (Å²) in [5.74, 6) is -2.29. The molecule has 1 aliphatic heterocycles. The van der Waals surface area contributed by atoms with Gasteiger partial charge in [-0.25, -0.2) is 8.78 Å². The highest BCUT2D eigenvalue weighted by Crippen LogP contribution is 2.24. The van der Waals surface area contributed by atoms with Crippen LogP contribution in [0.5, 0.6) is 0 Å². The van der Waals surface area contributed by atoms with Crippen LogP contribution in [0.25, 0.3) is 0 Å². The smallest absolute Gasteiger partial charge is 0.239 e. The minimum absolute atomic E-state index is 0.0511. The van der Waals surface area contributed by atoms with Gasteiger partial charge in [-0.3, -0.25) is 9.59 Å². The van der Waals surface area contributed by atoms with Crippen molar-refractivity contribution in [3.63, 3.8) is 0 Å². The average molecular weight is 324 g/mol. The molecule has 1 amide bonds. The number of carbonyl (C=O) groups excluding carboxylic acids is 2. The Labute approximate surface area is 134 Å². The van der Waals surface area contributed by atoms with E-state index in [1.807, 2.05) is 13.8 Å². The van der Waals surface area contributed by atoms with Crippen molar-refractivity contribution in [2.24, 2.45) is 17.6 Å². The van der Waals surface area contributed by atoms with E-state index in [4.69, 9.17) is 5.73 Å². The van der Waals surface area contributed by atoms with E-state index in [1.165, 1.54) is 6.07 Å². The average Bonchev–Trinajstić information content (AvgIpc) is 2.53. The molecule has 2 N–H and O–H groups in total. The molecule has 0 aromatic heterocycles. The third-order valence-electron chi connectivity index (χ3n) is 4.38. The largest absolute Gasteiger partial charge is 0.341 e. The summed E-state index contributed by atoms with van der Waals surface area (Å²) >= 11 is 0. The molecular weight excluding hydrogens is 302 g/mol. The summed E-state index contributed by atoms with van der Waals surface area (Å²) in [4.78, 5) is 26.2. The van der Waals surface area contributed by atoms with Crippen molar-refractivity contribution in [1.82, 2.24) is 4.90 Å². The fourth-order valence-electron chi connectivity index (χ4n) is 2.77. The molecule has 1 aromatic rings. The first-order valence-corrected chi connectivity index (χ1v) is 7.85. The first kappa shape index (κ1) is 17.5. The summed E-state index contributed by atoms with van der Waals surface area (Å²) in [6.07, 6.45) is 0.929. The number of hydrogen-bond donors (Lipinski definition) is 1. The highest BCUT2D eigenvalue weighted by atomic mass is 19.1. The monoisotopic (exact) mass is 324 g/mol. The van der Waals surface area contributed by atoms with Crippen molar-refractivity contribution in [2.45, 2.75) is 32.7 Å². The Morgan fingerprint density at radius 1 is 1.22 bits per heavy atom. The van der Waals surface area contributed by atoms with Crippen molar-refractivity contribution in [2.75, 3.05) is 13.1 Å². The van der Waals surface area contributed by atoms with E-state index in [9.17, 15) is 18.4 Å². The van der Waals surface area contributed by atoms with Gasteiger partial charge in [0.05, 0.1) is 11.6 Å². The van der Waals surface area contributed by atoms with Gasteiger partial charge in [0, 0.05) is 25.1 Å². The summed E-state index contributed by atoms with van der Waals surface area (Å²) in [7, 11) is 0. The predicted octanol–water partition coefficient (Wildman–Crippen LogP) is 2.37. The number of likely N-dealkylation sites (tertiary alicyclic amines) is 1. The quantitative estimate of drug-likeness (QED) is 0.865. The summed E-state index contributed by atoms with van der Waals surface area (Å²) < 4.78 is 26.6. The number of piperidine rings is 1. The van der Waals surface area contributed by atoms with Crippen LogP contribution < -0.4 is 5.73 Å². The molecule has 0 bridgehead atoms. The van der Waals surface area contributed by atoms with Gasteiger partial charge in [-0.2, -0.15) is 0 Å². The lowest BCUT2D eigenvalue weighted by Gasteiger charge is -2.33. The van der Waals surface area contributed by atoms with Crippen LogP contribution in [0.1, 0.15) is 37.0 Å². The zero-order chi connectivity index (χ0) is 17.1. The van der Waals surface area contributed by atoms with E-state index in [2.05, 4.69) is 0 Å². The van der Waals surface area contributed by atoms with E-state index in [0.717, 1.165) is 6.07 Å². The van der Waals surface area contributed by atoms with E-state index < -0.39 is 17.7 Å². The predicted molar refractivity (Wildman–Crippen MR) is 82.8 cm³/mol. The Bertz CT molecular complexity index is 596. The summed E-state index contributed by atoms with van der Waals surface area (Å²) in [6, 6.07) is 2.43. The molecule has 4 nitrogen and oxygen atoms in total. The molecule has 126 valence electrons. The fourth-order valence-corrected chi connectivity index (χ4v) is 2.77. The van der Waals surface area contributed by atoms with Crippen molar-refractivity contribution in [3.05, 3.63) is 35.4 Å². The molecule has 1 fully saturated rings. The molecular formula is C17H22F2N2O2. The van der Waals surface area contributed by atoms with Crippen molar-refractivity contribution >= 4 is 11.7 Å². The third-order valence-corrected chi connectivity index (χ3v) is 4.38. The standard InChI is InChI=1S/C17H22F2N2O2/c1-10(2)15(20)17(23)21-7-5-11(6-8-21)16(22)13-4-3-12(18)9-14(13)19/h3-4,9-11,15H,5-8,20H2,1-2H3/t15-/m1/s1. The number of rotatable bonds is 4. The van der Waals surface area contributed by atoms with Crippen LogP contribution in [-0.2, 0) is 4.79 Å². The van der Waals surface area contributed by atoms with Crippen LogP contribution in [0, 0.1) is 23.5 Å². The number of amides is 1. The summed E-state index contributed by atoms with van der Waals surface area (Å²) in [5.41, 5.74) is 5.78. The van der Waals surface area contributed by atoms with Crippen LogP contribution in [-0.4, -0.2) is 35.7 Å². The number of halogens is 2. The topological polar surface area (TPSA) is 63.4 Å². The highest BCUT2D eigenvalue weighted by Gasteiger charge is 2.31. The molecule has 1 aliphatic rings. The second-order valence-electron chi connectivity index (χ2n) is 6.36. The second kappa shape index (κ2) is 7.17. The van der Waals surface area contributed by atoms with Crippen LogP contribution in [0.2, 0.25) is 0 Å². The normalized spacial score (nSPS) is 17.4. The minimum atomic E-state index is -0.838. The van der Waals surface area contributed by atoms with Gasteiger partial charge in [-0.15, -0.1) is 0 Å². The molecule has 6 heteroatoms. The molecule has 0 unspecified atom stereocenters. The maximum atomic E-state index is 13.7. The number of hydrogen-bond acceptors (Lipinski definition) is 3. The zero-order valence-corrected chi connectivity index (χ0v) is 13.4. The Balaban J connectivity index is 1.99.